The predicted molar refractivity (Wildman–Crippen MR) is 38.3 cm³/mol. The SMILES string of the molecule is CCC(=O)C(C)CS. The lowest BCUT2D eigenvalue weighted by atomic mass is 10.1. The van der Waals surface area contributed by atoms with Gasteiger partial charge in [-0.2, -0.15) is 12.6 Å². The van der Waals surface area contributed by atoms with E-state index in [0.29, 0.717) is 18.0 Å². The second-order valence-corrected chi connectivity index (χ2v) is 2.27. The van der Waals surface area contributed by atoms with Crippen LogP contribution in [0.25, 0.3) is 0 Å². The van der Waals surface area contributed by atoms with E-state index >= 15 is 0 Å². The summed E-state index contributed by atoms with van der Waals surface area (Å²) in [6.45, 7) is 3.78. The van der Waals surface area contributed by atoms with Crippen molar-refractivity contribution in [1.82, 2.24) is 0 Å². The van der Waals surface area contributed by atoms with E-state index in [0.717, 1.165) is 0 Å². The summed E-state index contributed by atoms with van der Waals surface area (Å²) >= 11 is 3.99. The Hall–Kier alpha value is 0.0200. The van der Waals surface area contributed by atoms with Gasteiger partial charge in [0.25, 0.3) is 0 Å². The number of rotatable bonds is 3. The number of carbonyl (C=O) groups excluding carboxylic acids is 1. The molecule has 0 spiro atoms. The fourth-order valence-corrected chi connectivity index (χ4v) is 0.654. The molecule has 0 aromatic carbocycles. The van der Waals surface area contributed by atoms with Gasteiger partial charge in [-0.25, -0.2) is 0 Å². The summed E-state index contributed by atoms with van der Waals surface area (Å²) in [5.74, 6) is 1.12. The first-order valence-corrected chi connectivity index (χ1v) is 3.49. The van der Waals surface area contributed by atoms with Crippen molar-refractivity contribution in [3.63, 3.8) is 0 Å². The summed E-state index contributed by atoms with van der Waals surface area (Å²) in [5.41, 5.74) is 0. The van der Waals surface area contributed by atoms with Crippen LogP contribution in [0.5, 0.6) is 0 Å². The average molecular weight is 132 g/mol. The molecule has 1 nitrogen and oxygen atoms in total. The van der Waals surface area contributed by atoms with Crippen molar-refractivity contribution >= 4 is 18.4 Å². The van der Waals surface area contributed by atoms with E-state index in [1.807, 2.05) is 13.8 Å². The van der Waals surface area contributed by atoms with Gasteiger partial charge in [0.2, 0.25) is 0 Å². The third-order valence-electron chi connectivity index (χ3n) is 1.17. The Labute approximate surface area is 55.9 Å². The standard InChI is InChI=1S/C6H12OS/c1-3-6(7)5(2)4-8/h5,8H,3-4H2,1-2H3. The molecular formula is C6H12OS. The molecule has 0 amide bonds. The number of carbonyl (C=O) groups is 1. The zero-order valence-electron chi connectivity index (χ0n) is 5.35. The first-order chi connectivity index (χ1) is 3.72. The van der Waals surface area contributed by atoms with E-state index in [9.17, 15) is 4.79 Å². The molecular weight excluding hydrogens is 120 g/mol. The molecule has 8 heavy (non-hydrogen) atoms. The van der Waals surface area contributed by atoms with Crippen LogP contribution in [0.15, 0.2) is 0 Å². The van der Waals surface area contributed by atoms with Crippen molar-refractivity contribution in [3.05, 3.63) is 0 Å². The van der Waals surface area contributed by atoms with E-state index < -0.39 is 0 Å². The lowest BCUT2D eigenvalue weighted by Gasteiger charge is -2.01. The topological polar surface area (TPSA) is 17.1 Å². The third-order valence-corrected chi connectivity index (χ3v) is 1.72. The van der Waals surface area contributed by atoms with E-state index in [-0.39, 0.29) is 5.92 Å². The molecule has 0 fully saturated rings. The van der Waals surface area contributed by atoms with Crippen LogP contribution in [-0.2, 0) is 4.79 Å². The maximum atomic E-state index is 10.7. The van der Waals surface area contributed by atoms with Crippen LogP contribution in [0.4, 0.5) is 0 Å². The van der Waals surface area contributed by atoms with E-state index in [1.165, 1.54) is 0 Å². The monoisotopic (exact) mass is 132 g/mol. The quantitative estimate of drug-likeness (QED) is 0.576. The number of thiol groups is 1. The van der Waals surface area contributed by atoms with E-state index in [2.05, 4.69) is 12.6 Å². The molecule has 48 valence electrons. The average Bonchev–Trinajstić information content (AvgIpc) is 1.84. The van der Waals surface area contributed by atoms with Gasteiger partial charge in [0, 0.05) is 12.3 Å². The van der Waals surface area contributed by atoms with Crippen LogP contribution < -0.4 is 0 Å². The molecule has 0 saturated carbocycles. The second kappa shape index (κ2) is 3.96. The Kier molecular flexibility index (Phi) is 3.97. The van der Waals surface area contributed by atoms with Gasteiger partial charge in [-0.15, -0.1) is 0 Å². The van der Waals surface area contributed by atoms with Crippen LogP contribution in [0.1, 0.15) is 20.3 Å². The largest absolute Gasteiger partial charge is 0.299 e. The summed E-state index contributed by atoms with van der Waals surface area (Å²) in [5, 5.41) is 0. The van der Waals surface area contributed by atoms with E-state index in [4.69, 9.17) is 0 Å². The van der Waals surface area contributed by atoms with Crippen LogP contribution >= 0.6 is 12.6 Å². The normalized spacial score (nSPS) is 13.4. The number of Topliss-reactive ketones (excluding diaryl/α,β-unsaturated/α-hetero) is 1. The minimum atomic E-state index is 0.142. The molecule has 0 saturated heterocycles. The predicted octanol–water partition coefficient (Wildman–Crippen LogP) is 1.53. The van der Waals surface area contributed by atoms with Gasteiger partial charge in [-0.05, 0) is 5.75 Å². The molecule has 0 bridgehead atoms. The third kappa shape index (κ3) is 2.36. The van der Waals surface area contributed by atoms with Crippen molar-refractivity contribution < 1.29 is 4.79 Å². The van der Waals surface area contributed by atoms with Crippen molar-refractivity contribution in [3.8, 4) is 0 Å². The van der Waals surface area contributed by atoms with Gasteiger partial charge in [-0.1, -0.05) is 13.8 Å². The van der Waals surface area contributed by atoms with Crippen LogP contribution in [0.2, 0.25) is 0 Å². The molecule has 0 aliphatic carbocycles. The highest BCUT2D eigenvalue weighted by Crippen LogP contribution is 2.00. The first kappa shape index (κ1) is 8.02. The summed E-state index contributed by atoms with van der Waals surface area (Å²) in [4.78, 5) is 10.7. The fourth-order valence-electron chi connectivity index (χ4n) is 0.450. The molecule has 0 aliphatic heterocycles. The summed E-state index contributed by atoms with van der Waals surface area (Å²) in [6, 6.07) is 0. The Morgan fingerprint density at radius 1 is 1.75 bits per heavy atom. The first-order valence-electron chi connectivity index (χ1n) is 2.86. The molecule has 0 heterocycles. The molecule has 0 aromatic rings. The minimum absolute atomic E-state index is 0.142. The van der Waals surface area contributed by atoms with Crippen molar-refractivity contribution in [2.45, 2.75) is 20.3 Å². The molecule has 0 N–H and O–H groups in total. The zero-order valence-corrected chi connectivity index (χ0v) is 6.24. The Bertz CT molecular complexity index is 80.6. The van der Waals surface area contributed by atoms with Crippen LogP contribution in [0, 0.1) is 5.92 Å². The highest BCUT2D eigenvalue weighted by atomic mass is 32.1. The van der Waals surface area contributed by atoms with Gasteiger partial charge < -0.3 is 0 Å². The summed E-state index contributed by atoms with van der Waals surface area (Å²) in [7, 11) is 0. The maximum Gasteiger partial charge on any atom is 0.136 e. The zero-order chi connectivity index (χ0) is 6.57. The van der Waals surface area contributed by atoms with Crippen LogP contribution in [-0.4, -0.2) is 11.5 Å². The lowest BCUT2D eigenvalue weighted by molar-refractivity contribution is -0.121. The van der Waals surface area contributed by atoms with E-state index in [1.54, 1.807) is 0 Å². The molecule has 0 aromatic heterocycles. The summed E-state index contributed by atoms with van der Waals surface area (Å²) < 4.78 is 0. The Morgan fingerprint density at radius 2 is 2.25 bits per heavy atom. The second-order valence-electron chi connectivity index (χ2n) is 1.90. The number of ketones is 1. The van der Waals surface area contributed by atoms with Gasteiger partial charge in [-0.3, -0.25) is 4.79 Å². The van der Waals surface area contributed by atoms with Gasteiger partial charge in [0.1, 0.15) is 5.78 Å². The molecule has 1 atom stereocenters. The van der Waals surface area contributed by atoms with Gasteiger partial charge in [0.05, 0.1) is 0 Å². The highest BCUT2D eigenvalue weighted by molar-refractivity contribution is 7.80. The number of hydrogen-bond donors (Lipinski definition) is 1. The van der Waals surface area contributed by atoms with Gasteiger partial charge in [0.15, 0.2) is 0 Å². The summed E-state index contributed by atoms with van der Waals surface area (Å²) in [6.07, 6.45) is 0.641. The molecule has 0 aliphatic rings. The molecule has 0 rings (SSSR count). The fraction of sp³-hybridized carbons (Fsp3) is 0.833. The minimum Gasteiger partial charge on any atom is -0.299 e. The highest BCUT2D eigenvalue weighted by Gasteiger charge is 2.06. The molecule has 1 unspecified atom stereocenters. The maximum absolute atomic E-state index is 10.7. The smallest absolute Gasteiger partial charge is 0.136 e. The molecule has 0 radical (unpaired) electrons. The van der Waals surface area contributed by atoms with Crippen molar-refractivity contribution in [2.24, 2.45) is 5.92 Å². The van der Waals surface area contributed by atoms with Gasteiger partial charge >= 0.3 is 0 Å². The molecule has 2 heteroatoms. The van der Waals surface area contributed by atoms with Crippen molar-refractivity contribution in [1.29, 1.82) is 0 Å². The Balaban J connectivity index is 3.46. The van der Waals surface area contributed by atoms with Crippen LogP contribution in [0.3, 0.4) is 0 Å². The lowest BCUT2D eigenvalue weighted by Crippen LogP contribution is -2.10. The number of hydrogen-bond acceptors (Lipinski definition) is 2. The van der Waals surface area contributed by atoms with Crippen molar-refractivity contribution in [2.75, 3.05) is 5.75 Å². The Morgan fingerprint density at radius 3 is 2.38 bits per heavy atom.